The second-order valence-corrected chi connectivity index (χ2v) is 5.29. The van der Waals surface area contributed by atoms with Gasteiger partial charge in [0.05, 0.1) is 6.04 Å². The Hall–Kier alpha value is -1.42. The third kappa shape index (κ3) is 1.48. The lowest BCUT2D eigenvalue weighted by atomic mass is 9.90. The van der Waals surface area contributed by atoms with Gasteiger partial charge in [-0.1, -0.05) is 17.7 Å². The molecule has 1 aromatic carbocycles. The SMILES string of the molecule is CCN1C(=O)NC2CC1(C)Oc1cccc(Cl)c12. The molecular formula is C13H15ClN2O2. The van der Waals surface area contributed by atoms with E-state index in [1.54, 1.807) is 4.90 Å². The second-order valence-electron chi connectivity index (χ2n) is 4.88. The molecule has 2 aliphatic heterocycles. The van der Waals surface area contributed by atoms with Gasteiger partial charge < -0.3 is 10.1 Å². The minimum Gasteiger partial charge on any atom is -0.468 e. The number of rotatable bonds is 1. The van der Waals surface area contributed by atoms with E-state index < -0.39 is 5.72 Å². The Kier molecular flexibility index (Phi) is 2.45. The van der Waals surface area contributed by atoms with Crippen LogP contribution in [0.15, 0.2) is 18.2 Å². The van der Waals surface area contributed by atoms with E-state index in [1.165, 1.54) is 0 Å². The Balaban J connectivity index is 2.11. The lowest BCUT2D eigenvalue weighted by molar-refractivity contribution is -0.0815. The summed E-state index contributed by atoms with van der Waals surface area (Å²) in [5.74, 6) is 0.764. The van der Waals surface area contributed by atoms with E-state index >= 15 is 0 Å². The van der Waals surface area contributed by atoms with Crippen molar-refractivity contribution in [2.45, 2.75) is 32.0 Å². The maximum absolute atomic E-state index is 12.1. The fraction of sp³-hybridized carbons (Fsp3) is 0.462. The van der Waals surface area contributed by atoms with Gasteiger partial charge in [-0.15, -0.1) is 0 Å². The van der Waals surface area contributed by atoms with Crippen molar-refractivity contribution in [2.24, 2.45) is 0 Å². The average molecular weight is 267 g/mol. The zero-order valence-corrected chi connectivity index (χ0v) is 11.1. The monoisotopic (exact) mass is 266 g/mol. The number of nitrogens with one attached hydrogen (secondary N) is 1. The van der Waals surface area contributed by atoms with Gasteiger partial charge >= 0.3 is 6.03 Å². The van der Waals surface area contributed by atoms with Crippen LogP contribution in [-0.2, 0) is 0 Å². The molecule has 0 radical (unpaired) electrons. The first-order valence-corrected chi connectivity index (χ1v) is 6.48. The summed E-state index contributed by atoms with van der Waals surface area (Å²) in [7, 11) is 0. The number of halogens is 1. The van der Waals surface area contributed by atoms with Crippen molar-refractivity contribution < 1.29 is 9.53 Å². The van der Waals surface area contributed by atoms with E-state index in [-0.39, 0.29) is 12.1 Å². The molecule has 96 valence electrons. The van der Waals surface area contributed by atoms with Gasteiger partial charge in [-0.2, -0.15) is 0 Å². The van der Waals surface area contributed by atoms with Gasteiger partial charge in [0.15, 0.2) is 5.72 Å². The number of carbonyl (C=O) groups is 1. The predicted octanol–water partition coefficient (Wildman–Crippen LogP) is 2.92. The molecule has 0 aliphatic carbocycles. The van der Waals surface area contributed by atoms with Gasteiger partial charge in [-0.05, 0) is 26.0 Å². The standard InChI is InChI=1S/C13H15ClN2O2/c1-3-16-12(17)15-9-7-13(16,2)18-10-6-4-5-8(14)11(9)10/h4-6,9H,3,7H2,1-2H3,(H,15,17). The van der Waals surface area contributed by atoms with Crippen molar-refractivity contribution in [3.63, 3.8) is 0 Å². The van der Waals surface area contributed by atoms with Crippen LogP contribution in [0.5, 0.6) is 5.75 Å². The highest BCUT2D eigenvalue weighted by Crippen LogP contribution is 2.46. The molecule has 18 heavy (non-hydrogen) atoms. The summed E-state index contributed by atoms with van der Waals surface area (Å²) in [6.07, 6.45) is 0.712. The first-order valence-electron chi connectivity index (χ1n) is 6.11. The number of fused-ring (bicyclic) bond motifs is 4. The summed E-state index contributed by atoms with van der Waals surface area (Å²) in [6, 6.07) is 5.43. The molecule has 2 bridgehead atoms. The Morgan fingerprint density at radius 2 is 2.39 bits per heavy atom. The zero-order chi connectivity index (χ0) is 12.9. The summed E-state index contributed by atoms with van der Waals surface area (Å²) in [6.45, 7) is 4.51. The fourth-order valence-corrected chi connectivity index (χ4v) is 3.21. The molecule has 5 heteroatoms. The van der Waals surface area contributed by atoms with Crippen LogP contribution < -0.4 is 10.1 Å². The number of carbonyl (C=O) groups excluding carboxylic acids is 1. The van der Waals surface area contributed by atoms with E-state index in [4.69, 9.17) is 16.3 Å². The molecule has 0 aromatic heterocycles. The van der Waals surface area contributed by atoms with Crippen LogP contribution in [0.3, 0.4) is 0 Å². The third-order valence-corrected chi connectivity index (χ3v) is 4.03. The van der Waals surface area contributed by atoms with Crippen LogP contribution in [0.1, 0.15) is 31.9 Å². The summed E-state index contributed by atoms with van der Waals surface area (Å²) in [4.78, 5) is 13.8. The van der Waals surface area contributed by atoms with Gasteiger partial charge in [0.25, 0.3) is 0 Å². The number of urea groups is 1. The molecule has 3 rings (SSSR count). The molecule has 2 heterocycles. The van der Waals surface area contributed by atoms with Gasteiger partial charge in [0, 0.05) is 23.6 Å². The normalized spacial score (nSPS) is 29.4. The molecule has 1 aromatic rings. The van der Waals surface area contributed by atoms with Crippen LogP contribution >= 0.6 is 11.6 Å². The molecule has 1 saturated heterocycles. The highest BCUT2D eigenvalue weighted by molar-refractivity contribution is 6.31. The Morgan fingerprint density at radius 1 is 1.61 bits per heavy atom. The number of ether oxygens (including phenoxy) is 1. The van der Waals surface area contributed by atoms with Crippen LogP contribution in [0.4, 0.5) is 4.79 Å². The number of benzene rings is 1. The number of amides is 2. The highest BCUT2D eigenvalue weighted by atomic mass is 35.5. The van der Waals surface area contributed by atoms with Gasteiger partial charge in [0.1, 0.15) is 5.75 Å². The Morgan fingerprint density at radius 3 is 3.11 bits per heavy atom. The molecular weight excluding hydrogens is 252 g/mol. The molecule has 2 unspecified atom stereocenters. The van der Waals surface area contributed by atoms with Gasteiger partial charge in [-0.3, -0.25) is 4.90 Å². The Labute approximate surface area is 111 Å². The number of hydrogen-bond acceptors (Lipinski definition) is 2. The molecule has 1 fully saturated rings. The quantitative estimate of drug-likeness (QED) is 0.849. The maximum atomic E-state index is 12.1. The molecule has 2 atom stereocenters. The minimum absolute atomic E-state index is 0.0669. The lowest BCUT2D eigenvalue weighted by Crippen LogP contribution is -2.64. The third-order valence-electron chi connectivity index (χ3n) is 3.70. The van der Waals surface area contributed by atoms with Crippen molar-refractivity contribution >= 4 is 17.6 Å². The summed E-state index contributed by atoms with van der Waals surface area (Å²) >= 11 is 6.21. The van der Waals surface area contributed by atoms with Crippen molar-refractivity contribution in [1.29, 1.82) is 0 Å². The van der Waals surface area contributed by atoms with E-state index in [0.29, 0.717) is 18.0 Å². The molecule has 2 amide bonds. The Bertz CT molecular complexity index is 520. The molecule has 0 saturated carbocycles. The van der Waals surface area contributed by atoms with Crippen LogP contribution in [0, 0.1) is 0 Å². The van der Waals surface area contributed by atoms with Crippen LogP contribution in [-0.4, -0.2) is 23.2 Å². The summed E-state index contributed by atoms with van der Waals surface area (Å²) < 4.78 is 6.03. The van der Waals surface area contributed by atoms with Crippen molar-refractivity contribution in [2.75, 3.05) is 6.54 Å². The van der Waals surface area contributed by atoms with E-state index in [0.717, 1.165) is 11.3 Å². The fourth-order valence-electron chi connectivity index (χ4n) is 2.91. The zero-order valence-electron chi connectivity index (χ0n) is 10.4. The van der Waals surface area contributed by atoms with Gasteiger partial charge in [-0.25, -0.2) is 4.79 Å². The minimum atomic E-state index is -0.584. The number of nitrogens with zero attached hydrogens (tertiary/aromatic N) is 1. The highest BCUT2D eigenvalue weighted by Gasteiger charge is 2.48. The average Bonchev–Trinajstić information content (AvgIpc) is 2.27. The molecule has 1 N–H and O–H groups in total. The maximum Gasteiger partial charge on any atom is 0.320 e. The summed E-state index contributed by atoms with van der Waals surface area (Å²) in [5, 5.41) is 3.64. The first-order chi connectivity index (χ1) is 8.55. The molecule has 2 aliphatic rings. The van der Waals surface area contributed by atoms with Crippen molar-refractivity contribution in [3.8, 4) is 5.75 Å². The van der Waals surface area contributed by atoms with E-state index in [1.807, 2.05) is 32.0 Å². The van der Waals surface area contributed by atoms with Crippen LogP contribution in [0.25, 0.3) is 0 Å². The topological polar surface area (TPSA) is 41.6 Å². The van der Waals surface area contributed by atoms with Gasteiger partial charge in [0.2, 0.25) is 0 Å². The van der Waals surface area contributed by atoms with Crippen LogP contribution in [0.2, 0.25) is 5.02 Å². The predicted molar refractivity (Wildman–Crippen MR) is 68.8 cm³/mol. The molecule has 4 nitrogen and oxygen atoms in total. The van der Waals surface area contributed by atoms with Crippen molar-refractivity contribution in [3.05, 3.63) is 28.8 Å². The second kappa shape index (κ2) is 3.79. The first kappa shape index (κ1) is 11.7. The number of hydrogen-bond donors (Lipinski definition) is 1. The largest absolute Gasteiger partial charge is 0.468 e. The summed E-state index contributed by atoms with van der Waals surface area (Å²) in [5.41, 5.74) is 0.306. The smallest absolute Gasteiger partial charge is 0.320 e. The lowest BCUT2D eigenvalue weighted by Gasteiger charge is -2.50. The molecule has 0 spiro atoms. The van der Waals surface area contributed by atoms with Crippen molar-refractivity contribution in [1.82, 2.24) is 10.2 Å². The van der Waals surface area contributed by atoms with E-state index in [2.05, 4.69) is 5.32 Å². The van der Waals surface area contributed by atoms with E-state index in [9.17, 15) is 4.79 Å².